The van der Waals surface area contributed by atoms with Crippen molar-refractivity contribution in [2.75, 3.05) is 72.0 Å². The number of rotatable bonds is 5. The number of aromatic nitrogens is 2. The van der Waals surface area contributed by atoms with Gasteiger partial charge in [-0.05, 0) is 55.3 Å². The average Bonchev–Trinajstić information content (AvgIpc) is 2.90. The van der Waals surface area contributed by atoms with Crippen LogP contribution in [0.4, 0.5) is 33.1 Å². The van der Waals surface area contributed by atoms with E-state index >= 15 is 0 Å². The van der Waals surface area contributed by atoms with Crippen molar-refractivity contribution in [2.24, 2.45) is 0 Å². The highest BCUT2D eigenvalue weighted by Crippen LogP contribution is 2.36. The molecule has 0 bridgehead atoms. The van der Waals surface area contributed by atoms with Gasteiger partial charge in [-0.1, -0.05) is 12.1 Å². The minimum absolute atomic E-state index is 0.0343. The van der Waals surface area contributed by atoms with Gasteiger partial charge in [-0.2, -0.15) is 0 Å². The van der Waals surface area contributed by atoms with Gasteiger partial charge in [0.05, 0.1) is 4.92 Å². The summed E-state index contributed by atoms with van der Waals surface area (Å²) in [7, 11) is 0. The molecule has 0 N–H and O–H groups in total. The van der Waals surface area contributed by atoms with Gasteiger partial charge in [-0.3, -0.25) is 10.1 Å². The van der Waals surface area contributed by atoms with Gasteiger partial charge >= 0.3 is 5.69 Å². The van der Waals surface area contributed by atoms with Crippen LogP contribution >= 0.6 is 0 Å². The molecule has 0 radical (unpaired) electrons. The van der Waals surface area contributed by atoms with Crippen LogP contribution in [-0.2, 0) is 0 Å². The minimum Gasteiger partial charge on any atom is -0.368 e. The van der Waals surface area contributed by atoms with E-state index in [0.29, 0.717) is 50.9 Å². The Morgan fingerprint density at radius 3 is 1.86 bits per heavy atom. The van der Waals surface area contributed by atoms with E-state index in [1.54, 1.807) is 12.1 Å². The molecule has 10 heteroatoms. The molecule has 3 aromatic rings. The van der Waals surface area contributed by atoms with Gasteiger partial charge in [0.2, 0.25) is 11.6 Å². The van der Waals surface area contributed by atoms with Crippen molar-refractivity contribution in [1.82, 2.24) is 9.97 Å². The molecule has 2 aliphatic rings. The summed E-state index contributed by atoms with van der Waals surface area (Å²) in [5.41, 5.74) is 4.64. The van der Waals surface area contributed by atoms with Gasteiger partial charge in [-0.15, -0.1) is 0 Å². The van der Waals surface area contributed by atoms with Crippen LogP contribution in [0.15, 0.2) is 48.8 Å². The molecule has 0 saturated carbocycles. The quantitative estimate of drug-likeness (QED) is 0.394. The van der Waals surface area contributed by atoms with Crippen molar-refractivity contribution >= 4 is 28.7 Å². The van der Waals surface area contributed by atoms with E-state index in [2.05, 4.69) is 51.8 Å². The van der Waals surface area contributed by atoms with Crippen LogP contribution in [0.5, 0.6) is 0 Å². The molecule has 2 aliphatic heterocycles. The topological polar surface area (TPSA) is 81.9 Å². The number of hydrogen-bond donors (Lipinski definition) is 0. The Morgan fingerprint density at radius 2 is 1.31 bits per heavy atom. The van der Waals surface area contributed by atoms with Crippen LogP contribution in [0.3, 0.4) is 0 Å². The van der Waals surface area contributed by atoms with Crippen molar-refractivity contribution in [3.8, 4) is 0 Å². The van der Waals surface area contributed by atoms with E-state index in [-0.39, 0.29) is 16.4 Å². The normalized spacial score (nSPS) is 16.4. The van der Waals surface area contributed by atoms with Gasteiger partial charge in [0.1, 0.15) is 12.1 Å². The first kappa shape index (κ1) is 23.8. The average molecular weight is 492 g/mol. The maximum atomic E-state index is 13.3. The van der Waals surface area contributed by atoms with Crippen LogP contribution in [-0.4, -0.2) is 67.2 Å². The number of piperazine rings is 2. The van der Waals surface area contributed by atoms with E-state index in [1.165, 1.54) is 35.3 Å². The summed E-state index contributed by atoms with van der Waals surface area (Å²) in [6, 6.07) is 12.7. The van der Waals surface area contributed by atoms with Gasteiger partial charge in [-0.25, -0.2) is 14.4 Å². The van der Waals surface area contributed by atoms with Gasteiger partial charge in [0.15, 0.2) is 0 Å². The predicted octanol–water partition coefficient (Wildman–Crippen LogP) is 3.79. The zero-order valence-electron chi connectivity index (χ0n) is 20.6. The van der Waals surface area contributed by atoms with Crippen molar-refractivity contribution in [3.63, 3.8) is 0 Å². The predicted molar refractivity (Wildman–Crippen MR) is 140 cm³/mol. The number of nitro groups is 1. The van der Waals surface area contributed by atoms with Gasteiger partial charge in [0.25, 0.3) is 0 Å². The van der Waals surface area contributed by atoms with E-state index in [4.69, 9.17) is 0 Å². The lowest BCUT2D eigenvalue weighted by molar-refractivity contribution is -0.383. The molecule has 0 aliphatic carbocycles. The van der Waals surface area contributed by atoms with E-state index < -0.39 is 0 Å². The van der Waals surface area contributed by atoms with Crippen LogP contribution in [0.2, 0.25) is 0 Å². The molecule has 3 heterocycles. The molecule has 0 atom stereocenters. The summed E-state index contributed by atoms with van der Waals surface area (Å²) < 4.78 is 13.3. The maximum absolute atomic E-state index is 13.3. The first-order chi connectivity index (χ1) is 17.4. The van der Waals surface area contributed by atoms with Gasteiger partial charge in [0, 0.05) is 63.7 Å². The van der Waals surface area contributed by atoms with Gasteiger partial charge < -0.3 is 19.6 Å². The lowest BCUT2D eigenvalue weighted by Crippen LogP contribution is -2.48. The van der Waals surface area contributed by atoms with Crippen molar-refractivity contribution in [2.45, 2.75) is 13.8 Å². The maximum Gasteiger partial charge on any atom is 0.353 e. The smallest absolute Gasteiger partial charge is 0.353 e. The Hall–Kier alpha value is -3.95. The largest absolute Gasteiger partial charge is 0.368 e. The highest BCUT2D eigenvalue weighted by atomic mass is 19.1. The van der Waals surface area contributed by atoms with Crippen LogP contribution < -0.4 is 19.6 Å². The number of benzene rings is 2. The summed E-state index contributed by atoms with van der Waals surface area (Å²) in [5.74, 6) is 0.476. The molecule has 36 heavy (non-hydrogen) atoms. The fraction of sp³-hybridized carbons (Fsp3) is 0.385. The third-order valence-corrected chi connectivity index (χ3v) is 7.23. The summed E-state index contributed by atoms with van der Waals surface area (Å²) in [5, 5.41) is 12.2. The SMILES string of the molecule is Cc1cccc(N2CCN(c3ncnc(N4CCN(c5ccc(F)cc5)CC4)c3[N+](=O)[O-])CC2)c1C. The number of nitrogens with zero attached hydrogens (tertiary/aromatic N) is 7. The number of hydrogen-bond acceptors (Lipinski definition) is 8. The van der Waals surface area contributed by atoms with Crippen LogP contribution in [0.1, 0.15) is 11.1 Å². The Balaban J connectivity index is 1.31. The van der Waals surface area contributed by atoms with Crippen LogP contribution in [0.25, 0.3) is 0 Å². The second kappa shape index (κ2) is 9.96. The molecular weight excluding hydrogens is 461 g/mol. The summed E-state index contributed by atoms with van der Waals surface area (Å²) in [6.07, 6.45) is 1.43. The molecule has 2 fully saturated rings. The Kier molecular flexibility index (Phi) is 6.58. The Labute approximate surface area is 209 Å². The third kappa shape index (κ3) is 4.62. The second-order valence-electron chi connectivity index (χ2n) is 9.27. The van der Waals surface area contributed by atoms with Crippen molar-refractivity contribution in [3.05, 3.63) is 75.9 Å². The molecule has 2 aromatic carbocycles. The minimum atomic E-state index is -0.353. The standard InChI is InChI=1S/C26H30FN7O2/c1-19-4-3-5-23(20(19)2)31-12-16-33(17-13-31)26-24(34(35)36)25(28-18-29-26)32-14-10-30(11-15-32)22-8-6-21(27)7-9-22/h3-9,18H,10-17H2,1-2H3. The summed E-state index contributed by atoms with van der Waals surface area (Å²) in [6.45, 7) is 9.53. The van der Waals surface area contributed by atoms with E-state index in [1.807, 2.05) is 9.80 Å². The van der Waals surface area contributed by atoms with Crippen molar-refractivity contribution in [1.29, 1.82) is 0 Å². The van der Waals surface area contributed by atoms with Crippen molar-refractivity contribution < 1.29 is 9.31 Å². The third-order valence-electron chi connectivity index (χ3n) is 7.23. The molecule has 0 amide bonds. The molecule has 0 unspecified atom stereocenters. The lowest BCUT2D eigenvalue weighted by Gasteiger charge is -2.38. The second-order valence-corrected chi connectivity index (χ2v) is 9.27. The number of halogens is 1. The zero-order valence-corrected chi connectivity index (χ0v) is 20.6. The monoisotopic (exact) mass is 491 g/mol. The summed E-state index contributed by atoms with van der Waals surface area (Å²) >= 11 is 0. The number of aryl methyl sites for hydroxylation is 1. The summed E-state index contributed by atoms with van der Waals surface area (Å²) in [4.78, 5) is 29.0. The highest BCUT2D eigenvalue weighted by molar-refractivity contribution is 5.72. The molecule has 0 spiro atoms. The first-order valence-corrected chi connectivity index (χ1v) is 12.2. The zero-order chi connectivity index (χ0) is 25.2. The first-order valence-electron chi connectivity index (χ1n) is 12.2. The van der Waals surface area contributed by atoms with Crippen LogP contribution in [0, 0.1) is 29.8 Å². The van der Waals surface area contributed by atoms with E-state index in [0.717, 1.165) is 18.8 Å². The van der Waals surface area contributed by atoms with E-state index in [9.17, 15) is 14.5 Å². The molecule has 1 aromatic heterocycles. The Morgan fingerprint density at radius 1 is 0.778 bits per heavy atom. The fourth-order valence-electron chi connectivity index (χ4n) is 5.05. The molecule has 188 valence electrons. The molecule has 5 rings (SSSR count). The number of anilines is 4. The Bertz CT molecular complexity index is 1240. The molecular formula is C26H30FN7O2. The lowest BCUT2D eigenvalue weighted by atomic mass is 10.1. The molecule has 9 nitrogen and oxygen atoms in total. The molecule has 2 saturated heterocycles. The fourth-order valence-corrected chi connectivity index (χ4v) is 5.05. The highest BCUT2D eigenvalue weighted by Gasteiger charge is 2.33.